The molecular weight excluding hydrogens is 154 g/mol. The first-order valence-corrected chi connectivity index (χ1v) is 4.18. The van der Waals surface area contributed by atoms with Crippen molar-refractivity contribution >= 4 is 0 Å². The second kappa shape index (κ2) is 4.26. The Morgan fingerprint density at radius 2 is 2.33 bits per heavy atom. The molecule has 0 N–H and O–H groups in total. The third-order valence-corrected chi connectivity index (χ3v) is 1.38. The number of rotatable bonds is 4. The molecule has 1 rings (SSSR count). The van der Waals surface area contributed by atoms with Crippen LogP contribution >= 0.6 is 0 Å². The molecule has 0 amide bonds. The molecule has 0 spiro atoms. The fourth-order valence-corrected chi connectivity index (χ4v) is 0.885. The van der Waals surface area contributed by atoms with E-state index in [-0.39, 0.29) is 0 Å². The molecule has 0 aromatic carbocycles. The summed E-state index contributed by atoms with van der Waals surface area (Å²) in [4.78, 5) is 0. The summed E-state index contributed by atoms with van der Waals surface area (Å²) in [5.41, 5.74) is 0.869. The van der Waals surface area contributed by atoms with Crippen LogP contribution in [0.3, 0.4) is 0 Å². The fourth-order valence-electron chi connectivity index (χ4n) is 0.885. The van der Waals surface area contributed by atoms with E-state index in [2.05, 4.69) is 19.0 Å². The van der Waals surface area contributed by atoms with Crippen molar-refractivity contribution in [1.29, 1.82) is 0 Å². The third kappa shape index (κ3) is 3.05. The van der Waals surface area contributed by atoms with Gasteiger partial charge in [-0.25, -0.2) is 0 Å². The molecule has 0 saturated carbocycles. The summed E-state index contributed by atoms with van der Waals surface area (Å²) in [6, 6.07) is 1.89. The lowest BCUT2D eigenvalue weighted by Crippen LogP contribution is -2.01. The van der Waals surface area contributed by atoms with E-state index in [4.69, 9.17) is 9.26 Å². The molecule has 0 saturated heterocycles. The second-order valence-electron chi connectivity index (χ2n) is 3.34. The third-order valence-electron chi connectivity index (χ3n) is 1.38. The van der Waals surface area contributed by atoms with Crippen molar-refractivity contribution in [3.05, 3.63) is 17.5 Å². The van der Waals surface area contributed by atoms with Gasteiger partial charge in [0.25, 0.3) is 0 Å². The van der Waals surface area contributed by atoms with Crippen LogP contribution in [0.1, 0.15) is 25.3 Å². The predicted molar refractivity (Wildman–Crippen MR) is 45.7 cm³/mol. The van der Waals surface area contributed by atoms with Crippen LogP contribution < -0.4 is 0 Å². The molecule has 3 heteroatoms. The normalized spacial score (nSPS) is 11.0. The topological polar surface area (TPSA) is 35.3 Å². The lowest BCUT2D eigenvalue weighted by molar-refractivity contribution is 0.0927. The minimum atomic E-state index is 0.551. The molecule has 0 aliphatic heterocycles. The van der Waals surface area contributed by atoms with Crippen LogP contribution in [0.25, 0.3) is 0 Å². The largest absolute Gasteiger partial charge is 0.375 e. The molecule has 0 aliphatic rings. The van der Waals surface area contributed by atoms with Crippen LogP contribution in [-0.2, 0) is 11.3 Å². The summed E-state index contributed by atoms with van der Waals surface area (Å²) in [7, 11) is 0. The minimum Gasteiger partial charge on any atom is -0.375 e. The Labute approximate surface area is 72.7 Å². The van der Waals surface area contributed by atoms with Crippen LogP contribution in [0.5, 0.6) is 0 Å². The number of hydrogen-bond acceptors (Lipinski definition) is 3. The molecule has 68 valence electrons. The number of nitrogens with zero attached hydrogens (tertiary/aromatic N) is 1. The van der Waals surface area contributed by atoms with Crippen LogP contribution in [0.2, 0.25) is 0 Å². The van der Waals surface area contributed by atoms with E-state index in [0.29, 0.717) is 12.5 Å². The van der Waals surface area contributed by atoms with Gasteiger partial charge in [-0.2, -0.15) is 0 Å². The van der Waals surface area contributed by atoms with Crippen molar-refractivity contribution in [3.63, 3.8) is 0 Å². The summed E-state index contributed by atoms with van der Waals surface area (Å²) in [5.74, 6) is 1.40. The van der Waals surface area contributed by atoms with Crippen molar-refractivity contribution in [3.8, 4) is 0 Å². The lowest BCUT2D eigenvalue weighted by atomic mass is 10.2. The Bertz CT molecular complexity index is 230. The maximum atomic E-state index is 5.37. The van der Waals surface area contributed by atoms with Gasteiger partial charge < -0.3 is 9.26 Å². The molecule has 0 bridgehead atoms. The molecule has 0 radical (unpaired) electrons. The van der Waals surface area contributed by atoms with E-state index in [1.54, 1.807) is 0 Å². The standard InChI is InChI=1S/C9H15NO2/c1-7(2)5-11-6-9-4-8(3)12-10-9/h4,7H,5-6H2,1-3H3. The van der Waals surface area contributed by atoms with Gasteiger partial charge in [-0.15, -0.1) is 0 Å². The van der Waals surface area contributed by atoms with Gasteiger partial charge in [0.15, 0.2) is 0 Å². The zero-order valence-corrected chi connectivity index (χ0v) is 7.83. The van der Waals surface area contributed by atoms with Gasteiger partial charge in [-0.05, 0) is 12.8 Å². The van der Waals surface area contributed by atoms with Crippen LogP contribution in [0, 0.1) is 12.8 Å². The maximum absolute atomic E-state index is 5.37. The molecule has 1 aromatic heterocycles. The molecule has 0 aliphatic carbocycles. The first-order valence-electron chi connectivity index (χ1n) is 4.18. The summed E-state index contributed by atoms with van der Waals surface area (Å²) in [5, 5.41) is 3.81. The number of aromatic nitrogens is 1. The first-order chi connectivity index (χ1) is 5.68. The van der Waals surface area contributed by atoms with Crippen molar-refractivity contribution in [2.45, 2.75) is 27.4 Å². The second-order valence-corrected chi connectivity index (χ2v) is 3.34. The summed E-state index contributed by atoms with van der Waals surface area (Å²) < 4.78 is 10.3. The van der Waals surface area contributed by atoms with Gasteiger partial charge in [0.1, 0.15) is 11.5 Å². The highest BCUT2D eigenvalue weighted by Gasteiger charge is 2.00. The van der Waals surface area contributed by atoms with Crippen LogP contribution in [-0.4, -0.2) is 11.8 Å². The molecule has 0 fully saturated rings. The van der Waals surface area contributed by atoms with Gasteiger partial charge in [-0.3, -0.25) is 0 Å². The van der Waals surface area contributed by atoms with Gasteiger partial charge >= 0.3 is 0 Å². The highest BCUT2D eigenvalue weighted by molar-refractivity contribution is 5.01. The smallest absolute Gasteiger partial charge is 0.134 e. The van der Waals surface area contributed by atoms with Crippen molar-refractivity contribution in [2.75, 3.05) is 6.61 Å². The highest BCUT2D eigenvalue weighted by Crippen LogP contribution is 2.03. The molecule has 0 unspecified atom stereocenters. The lowest BCUT2D eigenvalue weighted by Gasteiger charge is -2.03. The molecule has 1 aromatic rings. The first kappa shape index (κ1) is 9.26. The predicted octanol–water partition coefficient (Wildman–Crippen LogP) is 2.16. The van der Waals surface area contributed by atoms with E-state index < -0.39 is 0 Å². The number of hydrogen-bond donors (Lipinski definition) is 0. The molecule has 1 heterocycles. The molecular formula is C9H15NO2. The quantitative estimate of drug-likeness (QED) is 0.692. The zero-order valence-electron chi connectivity index (χ0n) is 7.83. The van der Waals surface area contributed by atoms with Gasteiger partial charge in [0.05, 0.1) is 6.61 Å². The Morgan fingerprint density at radius 1 is 1.58 bits per heavy atom. The van der Waals surface area contributed by atoms with Crippen molar-refractivity contribution in [2.24, 2.45) is 5.92 Å². The van der Waals surface area contributed by atoms with E-state index in [1.807, 2.05) is 13.0 Å². The number of ether oxygens (including phenoxy) is 1. The molecule has 12 heavy (non-hydrogen) atoms. The van der Waals surface area contributed by atoms with E-state index in [9.17, 15) is 0 Å². The maximum Gasteiger partial charge on any atom is 0.134 e. The summed E-state index contributed by atoms with van der Waals surface area (Å²) in [6.07, 6.45) is 0. The average Bonchev–Trinajstić information content (AvgIpc) is 2.35. The van der Waals surface area contributed by atoms with Crippen LogP contribution in [0.15, 0.2) is 10.6 Å². The fraction of sp³-hybridized carbons (Fsp3) is 0.667. The van der Waals surface area contributed by atoms with E-state index in [0.717, 1.165) is 18.1 Å². The Morgan fingerprint density at radius 3 is 2.83 bits per heavy atom. The van der Waals surface area contributed by atoms with E-state index >= 15 is 0 Å². The highest BCUT2D eigenvalue weighted by atomic mass is 16.5. The van der Waals surface area contributed by atoms with Crippen LogP contribution in [0.4, 0.5) is 0 Å². The zero-order chi connectivity index (χ0) is 8.97. The Hall–Kier alpha value is -0.830. The van der Waals surface area contributed by atoms with Crippen molar-refractivity contribution < 1.29 is 9.26 Å². The number of aryl methyl sites for hydroxylation is 1. The van der Waals surface area contributed by atoms with Crippen molar-refractivity contribution in [1.82, 2.24) is 5.16 Å². The minimum absolute atomic E-state index is 0.551. The summed E-state index contributed by atoms with van der Waals surface area (Å²) in [6.45, 7) is 7.43. The summed E-state index contributed by atoms with van der Waals surface area (Å²) >= 11 is 0. The SMILES string of the molecule is Cc1cc(COCC(C)C)no1. The average molecular weight is 169 g/mol. The monoisotopic (exact) mass is 169 g/mol. The Kier molecular flexibility index (Phi) is 3.29. The van der Waals surface area contributed by atoms with E-state index in [1.165, 1.54) is 0 Å². The van der Waals surface area contributed by atoms with Gasteiger partial charge in [0, 0.05) is 12.7 Å². The van der Waals surface area contributed by atoms with Gasteiger partial charge in [0.2, 0.25) is 0 Å². The van der Waals surface area contributed by atoms with Gasteiger partial charge in [-0.1, -0.05) is 19.0 Å². The molecule has 0 atom stereocenters. The molecule has 3 nitrogen and oxygen atoms in total. The Balaban J connectivity index is 2.24.